The lowest BCUT2D eigenvalue weighted by Crippen LogP contribution is -2.34. The third-order valence-corrected chi connectivity index (χ3v) is 5.58. The Morgan fingerprint density at radius 3 is 2.03 bits per heavy atom. The zero-order valence-corrected chi connectivity index (χ0v) is 21.0. The van der Waals surface area contributed by atoms with Crippen molar-refractivity contribution in [3.05, 3.63) is 93.1 Å². The van der Waals surface area contributed by atoms with E-state index in [0.29, 0.717) is 22.5 Å². The molecule has 0 heterocycles. The van der Waals surface area contributed by atoms with E-state index in [2.05, 4.69) is 59.3 Å². The van der Waals surface area contributed by atoms with Gasteiger partial charge in [-0.1, -0.05) is 45.0 Å². The molecule has 3 N–H and O–H groups in total. The summed E-state index contributed by atoms with van der Waals surface area (Å²) >= 11 is 7.41. The molecule has 0 aromatic heterocycles. The number of benzene rings is 3. The van der Waals surface area contributed by atoms with Crippen LogP contribution in [-0.2, 0) is 5.41 Å². The first-order valence-electron chi connectivity index (χ1n) is 10.0. The van der Waals surface area contributed by atoms with Gasteiger partial charge in [0.1, 0.15) is 0 Å². The highest BCUT2D eigenvalue weighted by atomic mass is 127. The second-order valence-electron chi connectivity index (χ2n) is 8.28. The molecule has 0 fully saturated rings. The Morgan fingerprint density at radius 2 is 1.41 bits per heavy atom. The van der Waals surface area contributed by atoms with E-state index in [1.165, 1.54) is 5.56 Å². The molecule has 0 unspecified atom stereocenters. The maximum Gasteiger partial charge on any atom is 0.257 e. The molecule has 0 spiro atoms. The van der Waals surface area contributed by atoms with Crippen LogP contribution in [0.4, 0.5) is 11.4 Å². The maximum absolute atomic E-state index is 12.6. The predicted molar refractivity (Wildman–Crippen MR) is 142 cm³/mol. The summed E-state index contributed by atoms with van der Waals surface area (Å²) in [4.78, 5) is 25.0. The van der Waals surface area contributed by atoms with Gasteiger partial charge in [0.2, 0.25) is 0 Å². The number of halogens is 1. The Balaban J connectivity index is 1.61. The van der Waals surface area contributed by atoms with Gasteiger partial charge in [-0.05, 0) is 94.3 Å². The van der Waals surface area contributed by atoms with Gasteiger partial charge in [-0.3, -0.25) is 14.9 Å². The average molecular weight is 557 g/mol. The van der Waals surface area contributed by atoms with Crippen LogP contribution in [0.3, 0.4) is 0 Å². The van der Waals surface area contributed by atoms with Crippen LogP contribution in [-0.4, -0.2) is 16.9 Å². The molecule has 32 heavy (non-hydrogen) atoms. The molecule has 0 aliphatic heterocycles. The summed E-state index contributed by atoms with van der Waals surface area (Å²) in [6, 6.07) is 22.0. The van der Waals surface area contributed by atoms with E-state index in [4.69, 9.17) is 12.2 Å². The van der Waals surface area contributed by atoms with Gasteiger partial charge < -0.3 is 10.6 Å². The number of rotatable bonds is 4. The topological polar surface area (TPSA) is 70.2 Å². The molecular weight excluding hydrogens is 533 g/mol. The first-order valence-corrected chi connectivity index (χ1v) is 11.5. The van der Waals surface area contributed by atoms with Gasteiger partial charge in [0.25, 0.3) is 11.8 Å². The van der Waals surface area contributed by atoms with Crippen molar-refractivity contribution in [2.45, 2.75) is 26.2 Å². The molecule has 0 bridgehead atoms. The fourth-order valence-electron chi connectivity index (χ4n) is 2.97. The smallest absolute Gasteiger partial charge is 0.257 e. The molecule has 0 aliphatic carbocycles. The molecule has 3 aromatic rings. The number of carbonyl (C=O) groups excluding carboxylic acids is 2. The predicted octanol–water partition coefficient (Wildman–Crippen LogP) is 5.97. The first-order chi connectivity index (χ1) is 15.1. The lowest BCUT2D eigenvalue weighted by molar-refractivity contribution is 0.0976. The summed E-state index contributed by atoms with van der Waals surface area (Å²) in [5, 5.41) is 8.72. The summed E-state index contributed by atoms with van der Waals surface area (Å²) in [5.41, 5.74) is 3.57. The van der Waals surface area contributed by atoms with E-state index in [1.54, 1.807) is 36.4 Å². The van der Waals surface area contributed by atoms with Crippen LogP contribution in [0.25, 0.3) is 0 Å². The second kappa shape index (κ2) is 10.2. The van der Waals surface area contributed by atoms with Crippen molar-refractivity contribution in [1.82, 2.24) is 5.32 Å². The van der Waals surface area contributed by atoms with Gasteiger partial charge in [0.05, 0.1) is 0 Å². The number of nitrogens with one attached hydrogen (secondary N) is 3. The molecule has 3 rings (SSSR count). The van der Waals surface area contributed by atoms with Crippen LogP contribution in [0.1, 0.15) is 47.1 Å². The quantitative estimate of drug-likeness (QED) is 0.273. The first kappa shape index (κ1) is 23.9. The highest BCUT2D eigenvalue weighted by molar-refractivity contribution is 14.1. The van der Waals surface area contributed by atoms with Crippen molar-refractivity contribution in [2.75, 3.05) is 10.6 Å². The maximum atomic E-state index is 12.6. The summed E-state index contributed by atoms with van der Waals surface area (Å²) in [6.07, 6.45) is 0. The number of carbonyl (C=O) groups is 2. The van der Waals surface area contributed by atoms with Gasteiger partial charge in [0, 0.05) is 26.1 Å². The van der Waals surface area contributed by atoms with Gasteiger partial charge in [-0.15, -0.1) is 0 Å². The largest absolute Gasteiger partial charge is 0.332 e. The fourth-order valence-corrected chi connectivity index (χ4v) is 3.72. The van der Waals surface area contributed by atoms with E-state index in [9.17, 15) is 9.59 Å². The lowest BCUT2D eigenvalue weighted by Gasteiger charge is -2.19. The monoisotopic (exact) mass is 557 g/mol. The van der Waals surface area contributed by atoms with Crippen molar-refractivity contribution in [1.29, 1.82) is 0 Å². The number of amides is 2. The van der Waals surface area contributed by atoms with Crippen molar-refractivity contribution < 1.29 is 9.59 Å². The van der Waals surface area contributed by atoms with E-state index in [1.807, 2.05) is 36.4 Å². The van der Waals surface area contributed by atoms with E-state index in [0.717, 1.165) is 3.57 Å². The van der Waals surface area contributed by atoms with Gasteiger partial charge in [0.15, 0.2) is 5.11 Å². The highest BCUT2D eigenvalue weighted by Crippen LogP contribution is 2.23. The number of thiocarbonyl (C=S) groups is 1. The molecule has 7 heteroatoms. The second-order valence-corrected chi connectivity index (χ2v) is 9.93. The Hall–Kier alpha value is -2.78. The minimum absolute atomic E-state index is 0.0296. The SMILES string of the molecule is CC(C)(C)c1ccc(C(=O)Nc2cccc(NC(=S)NC(=O)c3cccc(I)c3)c2)cc1. The van der Waals surface area contributed by atoms with Crippen molar-refractivity contribution in [2.24, 2.45) is 0 Å². The van der Waals surface area contributed by atoms with Gasteiger partial charge >= 0.3 is 0 Å². The van der Waals surface area contributed by atoms with Gasteiger partial charge in [-0.2, -0.15) is 0 Å². The Morgan fingerprint density at radius 1 is 0.781 bits per heavy atom. The molecule has 2 amide bonds. The van der Waals surface area contributed by atoms with Gasteiger partial charge in [-0.25, -0.2) is 0 Å². The zero-order chi connectivity index (χ0) is 23.3. The van der Waals surface area contributed by atoms with E-state index < -0.39 is 0 Å². The molecular formula is C25H24IN3O2S. The average Bonchev–Trinajstić information content (AvgIpc) is 2.73. The van der Waals surface area contributed by atoms with Crippen molar-refractivity contribution in [3.8, 4) is 0 Å². The molecule has 0 saturated carbocycles. The molecule has 0 radical (unpaired) electrons. The Labute approximate surface area is 207 Å². The lowest BCUT2D eigenvalue weighted by atomic mass is 9.87. The van der Waals surface area contributed by atoms with Crippen LogP contribution in [0.15, 0.2) is 72.8 Å². The molecule has 5 nitrogen and oxygen atoms in total. The minimum atomic E-state index is -0.288. The third-order valence-electron chi connectivity index (χ3n) is 4.71. The highest BCUT2D eigenvalue weighted by Gasteiger charge is 2.14. The molecule has 0 atom stereocenters. The summed E-state index contributed by atoms with van der Waals surface area (Å²) in [5.74, 6) is -0.485. The van der Waals surface area contributed by atoms with Crippen LogP contribution >= 0.6 is 34.8 Å². The number of hydrogen-bond acceptors (Lipinski definition) is 3. The minimum Gasteiger partial charge on any atom is -0.332 e. The van der Waals surface area contributed by atoms with Crippen LogP contribution in [0.2, 0.25) is 0 Å². The third kappa shape index (κ3) is 6.61. The summed E-state index contributed by atoms with van der Waals surface area (Å²) in [7, 11) is 0. The molecule has 0 aliphatic rings. The standard InChI is InChI=1S/C25H24IN3O2S/c1-25(2,3)18-12-10-16(11-13-18)22(30)27-20-8-5-9-21(15-20)28-24(32)29-23(31)17-6-4-7-19(26)14-17/h4-15H,1-3H3,(H,27,30)(H2,28,29,31,32). The Kier molecular flexibility index (Phi) is 7.63. The summed E-state index contributed by atoms with van der Waals surface area (Å²) < 4.78 is 0.964. The van der Waals surface area contributed by atoms with Crippen LogP contribution < -0.4 is 16.0 Å². The molecule has 164 valence electrons. The normalized spacial score (nSPS) is 10.9. The van der Waals surface area contributed by atoms with Crippen molar-refractivity contribution in [3.63, 3.8) is 0 Å². The number of hydrogen-bond donors (Lipinski definition) is 3. The van der Waals surface area contributed by atoms with Crippen LogP contribution in [0.5, 0.6) is 0 Å². The molecule has 3 aromatic carbocycles. The van der Waals surface area contributed by atoms with E-state index >= 15 is 0 Å². The van der Waals surface area contributed by atoms with Crippen molar-refractivity contribution >= 4 is 63.1 Å². The fraction of sp³-hybridized carbons (Fsp3) is 0.160. The Bertz CT molecular complexity index is 1150. The number of anilines is 2. The van der Waals surface area contributed by atoms with Crippen LogP contribution in [0, 0.1) is 3.57 Å². The zero-order valence-electron chi connectivity index (χ0n) is 18.0. The summed E-state index contributed by atoms with van der Waals surface area (Å²) in [6.45, 7) is 6.40. The molecule has 0 saturated heterocycles. The van der Waals surface area contributed by atoms with E-state index in [-0.39, 0.29) is 22.3 Å².